The number of nitrogens with one attached hydrogen (secondary N) is 1. The molecule has 4 heteroatoms. The van der Waals surface area contributed by atoms with E-state index in [4.69, 9.17) is 4.74 Å². The first-order valence-corrected chi connectivity index (χ1v) is 9.13. The van der Waals surface area contributed by atoms with Crippen LogP contribution in [0.1, 0.15) is 34.6 Å². The number of ether oxygens (including phenoxy) is 1. The van der Waals surface area contributed by atoms with Crippen LogP contribution in [0.4, 0.5) is 11.4 Å². The Morgan fingerprint density at radius 2 is 1.67 bits per heavy atom. The van der Waals surface area contributed by atoms with Crippen molar-refractivity contribution >= 4 is 17.3 Å². The molecule has 1 aliphatic heterocycles. The molecule has 27 heavy (non-hydrogen) atoms. The van der Waals surface area contributed by atoms with Crippen LogP contribution in [0, 0.1) is 0 Å². The van der Waals surface area contributed by atoms with E-state index >= 15 is 0 Å². The number of rotatable bonds is 4. The van der Waals surface area contributed by atoms with Crippen molar-refractivity contribution < 1.29 is 9.53 Å². The summed E-state index contributed by atoms with van der Waals surface area (Å²) in [5, 5.41) is 3.52. The minimum Gasteiger partial charge on any atom is -0.497 e. The number of benzene rings is 3. The number of carbonyl (C=O) groups excluding carboxylic acids is 1. The van der Waals surface area contributed by atoms with Gasteiger partial charge in [0.05, 0.1) is 12.7 Å². The zero-order valence-electron chi connectivity index (χ0n) is 15.5. The summed E-state index contributed by atoms with van der Waals surface area (Å²) in [5.74, 6) is 0.787. The molecular weight excluding hydrogens is 336 g/mol. The Bertz CT molecular complexity index is 949. The Morgan fingerprint density at radius 3 is 2.33 bits per heavy atom. The van der Waals surface area contributed by atoms with Crippen LogP contribution >= 0.6 is 0 Å². The molecule has 4 rings (SSSR count). The molecule has 1 aliphatic rings. The first-order chi connectivity index (χ1) is 13.2. The Hall–Kier alpha value is -3.27. The molecule has 0 spiro atoms. The molecule has 0 fully saturated rings. The van der Waals surface area contributed by atoms with Gasteiger partial charge in [0.25, 0.3) is 5.91 Å². The normalized spacial score (nSPS) is 15.9. The van der Waals surface area contributed by atoms with E-state index in [0.717, 1.165) is 29.1 Å². The highest BCUT2D eigenvalue weighted by atomic mass is 16.5. The lowest BCUT2D eigenvalue weighted by Gasteiger charge is -2.38. The number of aryl methyl sites for hydroxylation is 1. The van der Waals surface area contributed by atoms with Gasteiger partial charge in [0, 0.05) is 11.4 Å². The molecule has 0 saturated heterocycles. The second-order valence-electron chi connectivity index (χ2n) is 6.56. The van der Waals surface area contributed by atoms with E-state index in [1.54, 1.807) is 7.11 Å². The van der Waals surface area contributed by atoms with E-state index in [2.05, 4.69) is 24.4 Å². The van der Waals surface area contributed by atoms with Gasteiger partial charge in [0.2, 0.25) is 0 Å². The number of anilines is 2. The van der Waals surface area contributed by atoms with Crippen LogP contribution in [0.5, 0.6) is 5.75 Å². The minimum atomic E-state index is -0.286. The van der Waals surface area contributed by atoms with Gasteiger partial charge in [-0.25, -0.2) is 0 Å². The maximum absolute atomic E-state index is 13.3. The summed E-state index contributed by atoms with van der Waals surface area (Å²) in [5.41, 5.74) is 4.65. The molecular formula is C23H22N2O2. The number of carbonyl (C=O) groups is 1. The second-order valence-corrected chi connectivity index (χ2v) is 6.56. The summed E-state index contributed by atoms with van der Waals surface area (Å²) >= 11 is 0. The van der Waals surface area contributed by atoms with Crippen LogP contribution in [0.3, 0.4) is 0 Å². The molecule has 0 aromatic heterocycles. The highest BCUT2D eigenvalue weighted by Crippen LogP contribution is 2.37. The quantitative estimate of drug-likeness (QED) is 0.711. The zero-order chi connectivity index (χ0) is 18.8. The molecule has 3 aromatic rings. The van der Waals surface area contributed by atoms with Crippen molar-refractivity contribution in [1.29, 1.82) is 0 Å². The molecule has 0 aliphatic carbocycles. The van der Waals surface area contributed by atoms with Gasteiger partial charge < -0.3 is 10.1 Å². The Morgan fingerprint density at radius 1 is 0.963 bits per heavy atom. The molecule has 3 aromatic carbocycles. The lowest BCUT2D eigenvalue weighted by molar-refractivity contribution is 0.0975. The number of hydrogen-bond acceptors (Lipinski definition) is 3. The first-order valence-electron chi connectivity index (χ1n) is 9.13. The van der Waals surface area contributed by atoms with Crippen molar-refractivity contribution in [1.82, 2.24) is 0 Å². The molecule has 0 saturated carbocycles. The van der Waals surface area contributed by atoms with E-state index in [1.807, 2.05) is 65.6 Å². The van der Waals surface area contributed by atoms with Crippen molar-refractivity contribution in [2.75, 3.05) is 17.3 Å². The van der Waals surface area contributed by atoms with Crippen LogP contribution in [0.2, 0.25) is 0 Å². The van der Waals surface area contributed by atoms with Gasteiger partial charge in [-0.1, -0.05) is 43.3 Å². The fraction of sp³-hybridized carbons (Fsp3) is 0.174. The Labute approximate surface area is 159 Å². The summed E-state index contributed by atoms with van der Waals surface area (Å²) in [6.07, 6.45) is 0.683. The molecule has 0 unspecified atom stereocenters. The van der Waals surface area contributed by atoms with Crippen LogP contribution in [0.25, 0.3) is 0 Å². The zero-order valence-corrected chi connectivity index (χ0v) is 15.5. The van der Waals surface area contributed by atoms with Crippen molar-refractivity contribution in [2.45, 2.75) is 19.5 Å². The van der Waals surface area contributed by atoms with Gasteiger partial charge in [0.15, 0.2) is 0 Å². The molecule has 0 bridgehead atoms. The molecule has 4 nitrogen and oxygen atoms in total. The summed E-state index contributed by atoms with van der Waals surface area (Å²) in [6, 6.07) is 23.6. The number of amides is 1. The average molecular weight is 358 g/mol. The SMILES string of the molecule is CCc1ccc(N2C(=O)c3ccccc3N[C@H]2c2ccc(OC)cc2)cc1. The van der Waals surface area contributed by atoms with Gasteiger partial charge >= 0.3 is 0 Å². The minimum absolute atomic E-state index is 0.00517. The van der Waals surface area contributed by atoms with E-state index < -0.39 is 0 Å². The first kappa shape index (κ1) is 17.2. The Kier molecular flexibility index (Phi) is 4.55. The summed E-state index contributed by atoms with van der Waals surface area (Å²) in [6.45, 7) is 2.12. The van der Waals surface area contributed by atoms with Crippen molar-refractivity contribution in [2.24, 2.45) is 0 Å². The Balaban J connectivity index is 1.80. The van der Waals surface area contributed by atoms with Crippen molar-refractivity contribution in [3.05, 3.63) is 89.5 Å². The van der Waals surface area contributed by atoms with Crippen LogP contribution < -0.4 is 15.0 Å². The predicted octanol–water partition coefficient (Wildman–Crippen LogP) is 5.03. The smallest absolute Gasteiger partial charge is 0.262 e. The molecule has 1 heterocycles. The number of methoxy groups -OCH3 is 1. The lowest BCUT2D eigenvalue weighted by Crippen LogP contribution is -2.43. The number of fused-ring (bicyclic) bond motifs is 1. The lowest BCUT2D eigenvalue weighted by atomic mass is 10.0. The van der Waals surface area contributed by atoms with Gasteiger partial charge in [-0.3, -0.25) is 9.69 Å². The van der Waals surface area contributed by atoms with Gasteiger partial charge in [0.1, 0.15) is 11.9 Å². The fourth-order valence-electron chi connectivity index (χ4n) is 3.43. The molecule has 136 valence electrons. The maximum Gasteiger partial charge on any atom is 0.262 e. The number of hydrogen-bond donors (Lipinski definition) is 1. The predicted molar refractivity (Wildman–Crippen MR) is 108 cm³/mol. The second kappa shape index (κ2) is 7.16. The topological polar surface area (TPSA) is 41.6 Å². The molecule has 1 N–H and O–H groups in total. The van der Waals surface area contributed by atoms with E-state index in [1.165, 1.54) is 5.56 Å². The van der Waals surface area contributed by atoms with Gasteiger partial charge in [-0.2, -0.15) is 0 Å². The van der Waals surface area contributed by atoms with Gasteiger partial charge in [-0.05, 0) is 53.9 Å². The van der Waals surface area contributed by atoms with Crippen LogP contribution in [-0.4, -0.2) is 13.0 Å². The summed E-state index contributed by atoms with van der Waals surface area (Å²) < 4.78 is 5.27. The van der Waals surface area contributed by atoms with E-state index in [9.17, 15) is 4.79 Å². The number of para-hydroxylation sites is 1. The maximum atomic E-state index is 13.3. The van der Waals surface area contributed by atoms with Crippen molar-refractivity contribution in [3.8, 4) is 5.75 Å². The van der Waals surface area contributed by atoms with Gasteiger partial charge in [-0.15, -0.1) is 0 Å². The highest BCUT2D eigenvalue weighted by Gasteiger charge is 2.33. The number of nitrogens with zero attached hydrogens (tertiary/aromatic N) is 1. The molecule has 1 atom stereocenters. The van der Waals surface area contributed by atoms with Crippen LogP contribution in [-0.2, 0) is 6.42 Å². The van der Waals surface area contributed by atoms with Crippen LogP contribution in [0.15, 0.2) is 72.8 Å². The highest BCUT2D eigenvalue weighted by molar-refractivity contribution is 6.12. The largest absolute Gasteiger partial charge is 0.497 e. The van der Waals surface area contributed by atoms with E-state index in [0.29, 0.717) is 5.56 Å². The van der Waals surface area contributed by atoms with Crippen molar-refractivity contribution in [3.63, 3.8) is 0 Å². The third kappa shape index (κ3) is 3.14. The standard InChI is InChI=1S/C23H22N2O2/c1-3-16-8-12-18(13-9-16)25-22(17-10-14-19(27-2)15-11-17)24-21-7-5-4-6-20(21)23(25)26/h4-15,22,24H,3H2,1-2H3/t22-/m1/s1. The average Bonchev–Trinajstić information content (AvgIpc) is 2.74. The summed E-state index contributed by atoms with van der Waals surface area (Å²) in [7, 11) is 1.65. The fourth-order valence-corrected chi connectivity index (χ4v) is 3.43. The molecule has 0 radical (unpaired) electrons. The molecule has 1 amide bonds. The summed E-state index contributed by atoms with van der Waals surface area (Å²) in [4.78, 5) is 15.2. The van der Waals surface area contributed by atoms with E-state index in [-0.39, 0.29) is 12.1 Å². The third-order valence-corrected chi connectivity index (χ3v) is 4.98. The third-order valence-electron chi connectivity index (χ3n) is 4.98. The monoisotopic (exact) mass is 358 g/mol.